The molecule has 0 saturated carbocycles. The molecule has 1 fully saturated rings. The third kappa shape index (κ3) is 5.39. The fourth-order valence-electron chi connectivity index (χ4n) is 2.32. The molecule has 1 aliphatic heterocycles. The summed E-state index contributed by atoms with van der Waals surface area (Å²) in [7, 11) is 0. The molecule has 1 aliphatic rings. The molecule has 1 saturated heterocycles. The molecule has 0 aromatic heterocycles. The second-order valence-corrected chi connectivity index (χ2v) is 5.01. The smallest absolute Gasteiger partial charge is 0.222 e. The third-order valence-corrected chi connectivity index (χ3v) is 3.36. The number of ether oxygens (including phenoxy) is 1. The fourth-order valence-corrected chi connectivity index (χ4v) is 2.32. The van der Waals surface area contributed by atoms with Gasteiger partial charge in [0.25, 0.3) is 0 Å². The Morgan fingerprint density at radius 3 is 2.80 bits per heavy atom. The van der Waals surface area contributed by atoms with Gasteiger partial charge in [-0.25, -0.2) is 0 Å². The largest absolute Gasteiger partial charge is 0.494 e. The minimum absolute atomic E-state index is 0. The number of benzene rings is 1. The van der Waals surface area contributed by atoms with E-state index in [1.807, 2.05) is 35.2 Å². The number of nitrogens with zero attached hydrogens (tertiary/aromatic N) is 1. The highest BCUT2D eigenvalue weighted by Gasteiger charge is 2.20. The Hall–Kier alpha value is -1.26. The zero-order valence-corrected chi connectivity index (χ0v) is 12.5. The number of carbonyl (C=O) groups is 1. The van der Waals surface area contributed by atoms with Crippen molar-refractivity contribution in [2.24, 2.45) is 5.73 Å². The summed E-state index contributed by atoms with van der Waals surface area (Å²) >= 11 is 0. The van der Waals surface area contributed by atoms with Crippen LogP contribution in [-0.2, 0) is 4.79 Å². The van der Waals surface area contributed by atoms with E-state index in [1.165, 1.54) is 0 Å². The van der Waals surface area contributed by atoms with Gasteiger partial charge in [0.1, 0.15) is 5.75 Å². The molecule has 1 atom stereocenters. The molecule has 0 bridgehead atoms. The molecule has 2 rings (SSSR count). The van der Waals surface area contributed by atoms with Gasteiger partial charge in [-0.15, -0.1) is 12.4 Å². The number of carbonyl (C=O) groups excluding carboxylic acids is 1. The summed E-state index contributed by atoms with van der Waals surface area (Å²) < 4.78 is 5.57. The lowest BCUT2D eigenvalue weighted by atomic mass is 10.1. The first-order valence-electron chi connectivity index (χ1n) is 6.97. The Morgan fingerprint density at radius 2 is 2.10 bits per heavy atom. The van der Waals surface area contributed by atoms with Crippen molar-refractivity contribution in [1.82, 2.24) is 4.90 Å². The Balaban J connectivity index is 0.00000200. The number of rotatable bonds is 5. The number of piperidine rings is 1. The van der Waals surface area contributed by atoms with Crippen molar-refractivity contribution in [3.63, 3.8) is 0 Å². The van der Waals surface area contributed by atoms with E-state index < -0.39 is 0 Å². The predicted octanol–water partition coefficient (Wildman–Crippen LogP) is 2.22. The third-order valence-electron chi connectivity index (χ3n) is 3.36. The highest BCUT2D eigenvalue weighted by atomic mass is 35.5. The number of halogens is 1. The van der Waals surface area contributed by atoms with Crippen molar-refractivity contribution in [3.8, 4) is 5.75 Å². The Bertz CT molecular complexity index is 400. The predicted molar refractivity (Wildman–Crippen MR) is 82.2 cm³/mol. The van der Waals surface area contributed by atoms with Gasteiger partial charge in [0, 0.05) is 25.6 Å². The molecule has 112 valence electrons. The SMILES string of the molecule is Cl.NC1CCCN(C(=O)CCCOc2ccccc2)C1. The summed E-state index contributed by atoms with van der Waals surface area (Å²) in [5, 5.41) is 0. The number of amides is 1. The molecule has 4 nitrogen and oxygen atoms in total. The second kappa shape index (κ2) is 8.82. The van der Waals surface area contributed by atoms with Crippen molar-refractivity contribution in [1.29, 1.82) is 0 Å². The van der Waals surface area contributed by atoms with E-state index in [0.29, 0.717) is 19.6 Å². The van der Waals surface area contributed by atoms with Crippen molar-refractivity contribution in [3.05, 3.63) is 30.3 Å². The highest BCUT2D eigenvalue weighted by Crippen LogP contribution is 2.12. The second-order valence-electron chi connectivity index (χ2n) is 5.01. The van der Waals surface area contributed by atoms with Crippen LogP contribution in [0.15, 0.2) is 30.3 Å². The van der Waals surface area contributed by atoms with Crippen molar-refractivity contribution in [2.45, 2.75) is 31.7 Å². The molecule has 1 amide bonds. The number of hydrogen-bond acceptors (Lipinski definition) is 3. The highest BCUT2D eigenvalue weighted by molar-refractivity contribution is 5.85. The van der Waals surface area contributed by atoms with Gasteiger partial charge in [0.05, 0.1) is 6.61 Å². The normalized spacial score (nSPS) is 18.2. The maximum absolute atomic E-state index is 12.0. The summed E-state index contributed by atoms with van der Waals surface area (Å²) in [6, 6.07) is 9.83. The molecule has 20 heavy (non-hydrogen) atoms. The number of para-hydroxylation sites is 1. The fraction of sp³-hybridized carbons (Fsp3) is 0.533. The molecule has 2 N–H and O–H groups in total. The zero-order chi connectivity index (χ0) is 13.5. The summed E-state index contributed by atoms with van der Waals surface area (Å²) in [5.74, 6) is 1.06. The standard InChI is InChI=1S/C15H22N2O2.ClH/c16-13-6-4-10-17(12-13)15(18)9-5-11-19-14-7-2-1-3-8-14;/h1-3,7-8,13H,4-6,9-12,16H2;1H. The number of hydrogen-bond donors (Lipinski definition) is 1. The monoisotopic (exact) mass is 298 g/mol. The van der Waals surface area contributed by atoms with Crippen LogP contribution in [0.5, 0.6) is 5.75 Å². The zero-order valence-electron chi connectivity index (χ0n) is 11.7. The van der Waals surface area contributed by atoms with Gasteiger partial charge >= 0.3 is 0 Å². The summed E-state index contributed by atoms with van der Waals surface area (Å²) in [6.45, 7) is 2.14. The van der Waals surface area contributed by atoms with E-state index in [-0.39, 0.29) is 24.4 Å². The van der Waals surface area contributed by atoms with E-state index in [9.17, 15) is 4.79 Å². The first-order chi connectivity index (χ1) is 9.25. The van der Waals surface area contributed by atoms with E-state index in [0.717, 1.165) is 31.6 Å². The van der Waals surface area contributed by atoms with Crippen LogP contribution in [0.25, 0.3) is 0 Å². The van der Waals surface area contributed by atoms with Gasteiger partial charge in [-0.2, -0.15) is 0 Å². The summed E-state index contributed by atoms with van der Waals surface area (Å²) in [5.41, 5.74) is 5.88. The lowest BCUT2D eigenvalue weighted by Gasteiger charge is -2.30. The maximum atomic E-state index is 12.0. The molecule has 1 aromatic carbocycles. The van der Waals surface area contributed by atoms with E-state index in [1.54, 1.807) is 0 Å². The van der Waals surface area contributed by atoms with E-state index >= 15 is 0 Å². The molecule has 1 heterocycles. The van der Waals surface area contributed by atoms with E-state index in [4.69, 9.17) is 10.5 Å². The first kappa shape index (κ1) is 16.8. The number of nitrogens with two attached hydrogens (primary N) is 1. The molecule has 0 radical (unpaired) electrons. The lowest BCUT2D eigenvalue weighted by molar-refractivity contribution is -0.132. The van der Waals surface area contributed by atoms with Crippen molar-refractivity contribution in [2.75, 3.05) is 19.7 Å². The molecule has 0 spiro atoms. The first-order valence-corrected chi connectivity index (χ1v) is 6.97. The van der Waals surface area contributed by atoms with E-state index in [2.05, 4.69) is 0 Å². The Morgan fingerprint density at radius 1 is 1.35 bits per heavy atom. The van der Waals surface area contributed by atoms with Crippen LogP contribution >= 0.6 is 12.4 Å². The topological polar surface area (TPSA) is 55.6 Å². The van der Waals surface area contributed by atoms with Gasteiger partial charge in [-0.05, 0) is 31.4 Å². The van der Waals surface area contributed by atoms with Crippen molar-refractivity contribution >= 4 is 18.3 Å². The van der Waals surface area contributed by atoms with Gasteiger partial charge in [-0.3, -0.25) is 4.79 Å². The Labute approximate surface area is 126 Å². The Kier molecular flexibility index (Phi) is 7.41. The summed E-state index contributed by atoms with van der Waals surface area (Å²) in [4.78, 5) is 13.9. The quantitative estimate of drug-likeness (QED) is 0.848. The van der Waals surface area contributed by atoms with Gasteiger partial charge in [0.15, 0.2) is 0 Å². The van der Waals surface area contributed by atoms with Gasteiger partial charge < -0.3 is 15.4 Å². The van der Waals surface area contributed by atoms with Crippen LogP contribution in [0.4, 0.5) is 0 Å². The van der Waals surface area contributed by atoms with Crippen LogP contribution < -0.4 is 10.5 Å². The summed E-state index contributed by atoms with van der Waals surface area (Å²) in [6.07, 6.45) is 3.34. The minimum atomic E-state index is 0. The molecule has 1 unspecified atom stereocenters. The molecule has 0 aliphatic carbocycles. The van der Waals surface area contributed by atoms with Crippen LogP contribution in [0, 0.1) is 0 Å². The van der Waals surface area contributed by atoms with Gasteiger partial charge in [-0.1, -0.05) is 18.2 Å². The molecular weight excluding hydrogens is 276 g/mol. The molecular formula is C15H23ClN2O2. The van der Waals surface area contributed by atoms with Crippen molar-refractivity contribution < 1.29 is 9.53 Å². The maximum Gasteiger partial charge on any atom is 0.222 e. The van der Waals surface area contributed by atoms with Crippen LogP contribution in [0.2, 0.25) is 0 Å². The van der Waals surface area contributed by atoms with Crippen LogP contribution in [0.1, 0.15) is 25.7 Å². The average Bonchev–Trinajstić information content (AvgIpc) is 2.44. The van der Waals surface area contributed by atoms with Gasteiger partial charge in [0.2, 0.25) is 5.91 Å². The molecule has 1 aromatic rings. The minimum Gasteiger partial charge on any atom is -0.494 e. The van der Waals surface area contributed by atoms with Crippen LogP contribution in [0.3, 0.4) is 0 Å². The lowest BCUT2D eigenvalue weighted by Crippen LogP contribution is -2.45. The number of likely N-dealkylation sites (tertiary alicyclic amines) is 1. The average molecular weight is 299 g/mol. The van der Waals surface area contributed by atoms with Crippen LogP contribution in [-0.4, -0.2) is 36.5 Å². The molecule has 5 heteroatoms.